The average Bonchev–Trinajstić information content (AvgIpc) is 2.30. The van der Waals surface area contributed by atoms with Crippen LogP contribution in [0.4, 0.5) is 0 Å². The van der Waals surface area contributed by atoms with Crippen molar-refractivity contribution in [3.8, 4) is 0 Å². The van der Waals surface area contributed by atoms with Crippen molar-refractivity contribution >= 4 is 0 Å². The minimum Gasteiger partial charge on any atom is -0.356 e. The molecule has 1 rings (SSSR count). The highest BCUT2D eigenvalue weighted by Crippen LogP contribution is 2.21. The first-order chi connectivity index (χ1) is 5.20. The Kier molecular flexibility index (Phi) is 2.42. The summed E-state index contributed by atoms with van der Waals surface area (Å²) in [4.78, 5) is 4.80. The van der Waals surface area contributed by atoms with Crippen molar-refractivity contribution in [3.05, 3.63) is 11.4 Å². The van der Waals surface area contributed by atoms with E-state index in [4.69, 9.17) is 0 Å². The maximum atomic E-state index is 2.40. The number of allylic oxidation sites excluding steroid dienone is 2. The first kappa shape index (κ1) is 8.44. The Labute approximate surface area is 69.5 Å². The molecule has 2 heteroatoms. The zero-order valence-corrected chi connectivity index (χ0v) is 8.02. The molecule has 0 saturated carbocycles. The first-order valence-corrected chi connectivity index (χ1v) is 4.38. The Bertz CT molecular complexity index is 154. The summed E-state index contributed by atoms with van der Waals surface area (Å²) in [5.74, 6) is 0. The third-order valence-electron chi connectivity index (χ3n) is 2.58. The van der Waals surface area contributed by atoms with Gasteiger partial charge in [-0.25, -0.2) is 0 Å². The molecule has 2 nitrogen and oxygen atoms in total. The molecule has 0 saturated heterocycles. The van der Waals surface area contributed by atoms with Crippen molar-refractivity contribution in [3.63, 3.8) is 0 Å². The van der Waals surface area contributed by atoms with E-state index in [2.05, 4.69) is 37.5 Å². The molecule has 0 aromatic carbocycles. The van der Waals surface area contributed by atoms with E-state index in [-0.39, 0.29) is 0 Å². The average molecular weight is 154 g/mol. The molecule has 1 aliphatic rings. The summed E-state index contributed by atoms with van der Waals surface area (Å²) >= 11 is 0. The molecule has 0 aromatic heterocycles. The van der Waals surface area contributed by atoms with Crippen molar-refractivity contribution in [2.45, 2.75) is 27.7 Å². The quantitative estimate of drug-likeness (QED) is 0.599. The van der Waals surface area contributed by atoms with Gasteiger partial charge in [-0.1, -0.05) is 0 Å². The van der Waals surface area contributed by atoms with E-state index in [0.29, 0.717) is 0 Å². The van der Waals surface area contributed by atoms with Crippen LogP contribution in [0.25, 0.3) is 0 Å². The lowest BCUT2D eigenvalue weighted by Gasteiger charge is -2.20. The monoisotopic (exact) mass is 154 g/mol. The van der Waals surface area contributed by atoms with Crippen LogP contribution in [0.1, 0.15) is 27.7 Å². The maximum absolute atomic E-state index is 2.40. The van der Waals surface area contributed by atoms with Gasteiger partial charge in [0.05, 0.1) is 6.67 Å². The van der Waals surface area contributed by atoms with Gasteiger partial charge in [0.1, 0.15) is 0 Å². The minimum atomic E-state index is 1.09. The molecule has 0 fully saturated rings. The lowest BCUT2D eigenvalue weighted by atomic mass is 10.3. The minimum absolute atomic E-state index is 1.09. The smallest absolute Gasteiger partial charge is 0.0898 e. The first-order valence-electron chi connectivity index (χ1n) is 4.38. The summed E-state index contributed by atoms with van der Waals surface area (Å²) in [6.45, 7) is 12.2. The fourth-order valence-corrected chi connectivity index (χ4v) is 1.55. The van der Waals surface area contributed by atoms with Gasteiger partial charge in [-0.2, -0.15) is 0 Å². The molecule has 0 spiro atoms. The van der Waals surface area contributed by atoms with Crippen LogP contribution >= 0.6 is 0 Å². The predicted octanol–water partition coefficient (Wildman–Crippen LogP) is 1.85. The molecular formula is C9H18N2. The van der Waals surface area contributed by atoms with Gasteiger partial charge in [0.25, 0.3) is 0 Å². The number of rotatable bonds is 2. The van der Waals surface area contributed by atoms with Crippen LogP contribution in [-0.4, -0.2) is 29.6 Å². The molecule has 0 bridgehead atoms. The predicted molar refractivity (Wildman–Crippen MR) is 48.0 cm³/mol. The Balaban J connectivity index is 2.71. The Hall–Kier alpha value is -0.660. The topological polar surface area (TPSA) is 6.48 Å². The summed E-state index contributed by atoms with van der Waals surface area (Å²) in [6, 6.07) is 0. The van der Waals surface area contributed by atoms with Gasteiger partial charge in [-0.3, -0.25) is 0 Å². The van der Waals surface area contributed by atoms with Crippen molar-refractivity contribution in [1.29, 1.82) is 0 Å². The van der Waals surface area contributed by atoms with E-state index in [9.17, 15) is 0 Å². The molecule has 0 N–H and O–H groups in total. The lowest BCUT2D eigenvalue weighted by Crippen LogP contribution is -2.26. The van der Waals surface area contributed by atoms with Crippen LogP contribution in [-0.2, 0) is 0 Å². The largest absolute Gasteiger partial charge is 0.356 e. The fourth-order valence-electron chi connectivity index (χ4n) is 1.55. The summed E-state index contributed by atoms with van der Waals surface area (Å²) in [7, 11) is 0. The number of hydrogen-bond acceptors (Lipinski definition) is 2. The second kappa shape index (κ2) is 3.16. The van der Waals surface area contributed by atoms with Crippen molar-refractivity contribution in [1.82, 2.24) is 9.80 Å². The van der Waals surface area contributed by atoms with Crippen LogP contribution in [0.3, 0.4) is 0 Å². The molecule has 1 heterocycles. The summed E-state index contributed by atoms with van der Waals surface area (Å²) in [6.07, 6.45) is 0. The Morgan fingerprint density at radius 3 is 1.55 bits per heavy atom. The van der Waals surface area contributed by atoms with Gasteiger partial charge in [0.2, 0.25) is 0 Å². The third-order valence-corrected chi connectivity index (χ3v) is 2.58. The van der Waals surface area contributed by atoms with Crippen LogP contribution in [0, 0.1) is 0 Å². The van der Waals surface area contributed by atoms with E-state index in [1.165, 1.54) is 11.4 Å². The zero-order valence-electron chi connectivity index (χ0n) is 8.02. The second-order valence-electron chi connectivity index (χ2n) is 3.02. The van der Waals surface area contributed by atoms with E-state index in [1.807, 2.05) is 0 Å². The van der Waals surface area contributed by atoms with Crippen LogP contribution in [0.15, 0.2) is 11.4 Å². The van der Waals surface area contributed by atoms with Gasteiger partial charge >= 0.3 is 0 Å². The molecule has 0 atom stereocenters. The molecular weight excluding hydrogens is 136 g/mol. The van der Waals surface area contributed by atoms with Crippen LogP contribution < -0.4 is 0 Å². The summed E-state index contributed by atoms with van der Waals surface area (Å²) in [5, 5.41) is 0. The molecule has 11 heavy (non-hydrogen) atoms. The maximum Gasteiger partial charge on any atom is 0.0898 e. The number of hydrogen-bond donors (Lipinski definition) is 0. The third kappa shape index (κ3) is 1.35. The lowest BCUT2D eigenvalue weighted by molar-refractivity contribution is 0.263. The van der Waals surface area contributed by atoms with Gasteiger partial charge in [-0.15, -0.1) is 0 Å². The van der Waals surface area contributed by atoms with Gasteiger partial charge in [0.15, 0.2) is 0 Å². The van der Waals surface area contributed by atoms with E-state index < -0.39 is 0 Å². The van der Waals surface area contributed by atoms with Crippen molar-refractivity contribution < 1.29 is 0 Å². The standard InChI is InChI=1S/C9H18N2/c1-5-10-7-11(6-2)9(4)8(10)3/h5-7H2,1-4H3. The Morgan fingerprint density at radius 1 is 1.00 bits per heavy atom. The molecule has 0 aliphatic carbocycles. The Morgan fingerprint density at radius 2 is 1.36 bits per heavy atom. The fraction of sp³-hybridized carbons (Fsp3) is 0.778. The second-order valence-corrected chi connectivity index (χ2v) is 3.02. The zero-order chi connectivity index (χ0) is 8.43. The summed E-state index contributed by atoms with van der Waals surface area (Å²) < 4.78 is 0. The highest BCUT2D eigenvalue weighted by atomic mass is 15.4. The van der Waals surface area contributed by atoms with Crippen molar-refractivity contribution in [2.75, 3.05) is 19.8 Å². The highest BCUT2D eigenvalue weighted by Gasteiger charge is 2.19. The van der Waals surface area contributed by atoms with E-state index in [1.54, 1.807) is 0 Å². The molecule has 0 amide bonds. The molecule has 0 unspecified atom stereocenters. The molecule has 0 radical (unpaired) electrons. The highest BCUT2D eigenvalue weighted by molar-refractivity contribution is 5.12. The van der Waals surface area contributed by atoms with Gasteiger partial charge < -0.3 is 9.80 Å². The summed E-state index contributed by atoms with van der Waals surface area (Å²) in [5.41, 5.74) is 2.88. The van der Waals surface area contributed by atoms with E-state index in [0.717, 1.165) is 19.8 Å². The van der Waals surface area contributed by atoms with Crippen LogP contribution in [0.5, 0.6) is 0 Å². The van der Waals surface area contributed by atoms with Crippen LogP contribution in [0.2, 0.25) is 0 Å². The molecule has 1 aliphatic heterocycles. The number of nitrogens with zero attached hydrogens (tertiary/aromatic N) is 2. The van der Waals surface area contributed by atoms with Gasteiger partial charge in [-0.05, 0) is 27.7 Å². The van der Waals surface area contributed by atoms with E-state index >= 15 is 0 Å². The molecule has 64 valence electrons. The normalized spacial score (nSPS) is 18.5. The SMILES string of the molecule is CCN1CN(CC)C(C)=C1C. The molecule has 0 aromatic rings. The van der Waals surface area contributed by atoms with Crippen molar-refractivity contribution in [2.24, 2.45) is 0 Å². The van der Waals surface area contributed by atoms with Gasteiger partial charge in [0, 0.05) is 24.5 Å².